The minimum atomic E-state index is 0.830. The predicted molar refractivity (Wildman–Crippen MR) is 53.3 cm³/mol. The van der Waals surface area contributed by atoms with Crippen molar-refractivity contribution in [2.45, 2.75) is 19.1 Å². The lowest BCUT2D eigenvalue weighted by Crippen LogP contribution is -2.07. The molecule has 0 unspecified atom stereocenters. The third-order valence-electron chi connectivity index (χ3n) is 2.16. The number of hydrogen-bond donors (Lipinski definition) is 1. The van der Waals surface area contributed by atoms with Crippen LogP contribution in [0.25, 0.3) is 0 Å². The second-order valence-electron chi connectivity index (χ2n) is 3.07. The number of pyridine rings is 1. The van der Waals surface area contributed by atoms with Crippen molar-refractivity contribution in [2.75, 3.05) is 11.5 Å². The maximum absolute atomic E-state index is 5.77. The number of nitrogen functional groups attached to an aromatic ring is 1. The number of fused-ring (bicyclic) bond motifs is 1. The van der Waals surface area contributed by atoms with Crippen LogP contribution in [0.15, 0.2) is 6.07 Å². The van der Waals surface area contributed by atoms with Crippen LogP contribution < -0.4 is 5.73 Å². The van der Waals surface area contributed by atoms with E-state index in [9.17, 15) is 0 Å². The first-order valence-corrected chi connectivity index (χ1v) is 5.25. The molecule has 1 aliphatic rings. The van der Waals surface area contributed by atoms with E-state index in [0.29, 0.717) is 0 Å². The molecule has 0 aromatic carbocycles. The van der Waals surface area contributed by atoms with Crippen molar-refractivity contribution in [2.24, 2.45) is 0 Å². The molecule has 0 saturated heterocycles. The van der Waals surface area contributed by atoms with Gasteiger partial charge in [0.2, 0.25) is 0 Å². The van der Waals surface area contributed by atoms with E-state index in [0.717, 1.165) is 23.6 Å². The number of aryl methyl sites for hydroxylation is 2. The van der Waals surface area contributed by atoms with Crippen LogP contribution in [0.5, 0.6) is 0 Å². The normalized spacial score (nSPS) is 15.8. The quantitative estimate of drug-likeness (QED) is 0.661. The summed E-state index contributed by atoms with van der Waals surface area (Å²) in [5, 5.41) is 0. The highest BCUT2D eigenvalue weighted by Gasteiger charge is 2.11. The van der Waals surface area contributed by atoms with Gasteiger partial charge in [-0.15, -0.1) is 0 Å². The first kappa shape index (κ1) is 7.92. The van der Waals surface area contributed by atoms with Crippen molar-refractivity contribution in [1.29, 1.82) is 0 Å². The number of thioether (sulfide) groups is 1. The fraction of sp³-hybridized carbons (Fsp3) is 0.444. The van der Waals surface area contributed by atoms with Gasteiger partial charge in [0.25, 0.3) is 0 Å². The molecule has 2 rings (SSSR count). The zero-order valence-corrected chi connectivity index (χ0v) is 7.95. The van der Waals surface area contributed by atoms with E-state index in [1.807, 2.05) is 18.7 Å². The Morgan fingerprint density at radius 3 is 3.25 bits per heavy atom. The third kappa shape index (κ3) is 1.29. The first-order valence-electron chi connectivity index (χ1n) is 4.10. The van der Waals surface area contributed by atoms with E-state index in [-0.39, 0.29) is 0 Å². The second kappa shape index (κ2) is 2.98. The number of nitrogens with zero attached hydrogens (tertiary/aromatic N) is 1. The van der Waals surface area contributed by atoms with Gasteiger partial charge in [-0.2, -0.15) is 11.8 Å². The first-order chi connectivity index (χ1) is 5.77. The molecule has 3 heteroatoms. The van der Waals surface area contributed by atoms with Crippen molar-refractivity contribution >= 4 is 17.4 Å². The van der Waals surface area contributed by atoms with E-state index in [4.69, 9.17) is 5.73 Å². The van der Waals surface area contributed by atoms with Gasteiger partial charge in [0.1, 0.15) is 0 Å². The molecular formula is C9H12N2S. The van der Waals surface area contributed by atoms with E-state index in [1.165, 1.54) is 17.0 Å². The van der Waals surface area contributed by atoms with Crippen LogP contribution in [0, 0.1) is 6.92 Å². The van der Waals surface area contributed by atoms with Gasteiger partial charge in [-0.3, -0.25) is 4.98 Å². The second-order valence-corrected chi connectivity index (χ2v) is 4.18. The topological polar surface area (TPSA) is 38.9 Å². The van der Waals surface area contributed by atoms with Gasteiger partial charge in [-0.05, 0) is 30.7 Å². The smallest absolute Gasteiger partial charge is 0.0605 e. The lowest BCUT2D eigenvalue weighted by atomic mass is 10.1. The van der Waals surface area contributed by atoms with Crippen molar-refractivity contribution in [3.63, 3.8) is 0 Å². The van der Waals surface area contributed by atoms with Crippen molar-refractivity contribution < 1.29 is 0 Å². The van der Waals surface area contributed by atoms with Gasteiger partial charge in [0.05, 0.1) is 11.4 Å². The Morgan fingerprint density at radius 1 is 1.58 bits per heavy atom. The van der Waals surface area contributed by atoms with E-state index in [2.05, 4.69) is 11.1 Å². The van der Waals surface area contributed by atoms with Gasteiger partial charge in [0.15, 0.2) is 0 Å². The summed E-state index contributed by atoms with van der Waals surface area (Å²) in [7, 11) is 0. The summed E-state index contributed by atoms with van der Waals surface area (Å²) in [4.78, 5) is 4.47. The number of nitrogens with two attached hydrogens (primary N) is 1. The average Bonchev–Trinajstić information content (AvgIpc) is 2.07. The fourth-order valence-corrected chi connectivity index (χ4v) is 2.36. The number of aromatic nitrogens is 1. The standard InChI is InChI=1S/C9H12N2S/c1-6-8(10)4-7-5-12-3-2-9(7)11-6/h4H,2-3,5,10H2,1H3. The molecule has 1 aliphatic heterocycles. The molecule has 1 aromatic heterocycles. The molecule has 1 aromatic rings. The molecule has 2 N–H and O–H groups in total. The highest BCUT2D eigenvalue weighted by atomic mass is 32.2. The molecule has 0 saturated carbocycles. The molecule has 0 radical (unpaired) electrons. The minimum Gasteiger partial charge on any atom is -0.397 e. The molecule has 0 aliphatic carbocycles. The Kier molecular flexibility index (Phi) is 1.97. The summed E-state index contributed by atoms with van der Waals surface area (Å²) in [6.45, 7) is 1.97. The summed E-state index contributed by atoms with van der Waals surface area (Å²) in [6, 6.07) is 2.07. The van der Waals surface area contributed by atoms with Crippen molar-refractivity contribution in [3.8, 4) is 0 Å². The monoisotopic (exact) mass is 180 g/mol. The summed E-state index contributed by atoms with van der Waals surface area (Å²) in [5.74, 6) is 2.27. The van der Waals surface area contributed by atoms with Crippen LogP contribution in [-0.4, -0.2) is 10.7 Å². The van der Waals surface area contributed by atoms with Crippen molar-refractivity contribution in [1.82, 2.24) is 4.98 Å². The van der Waals surface area contributed by atoms with Crippen molar-refractivity contribution in [3.05, 3.63) is 23.0 Å². The van der Waals surface area contributed by atoms with Gasteiger partial charge in [-0.25, -0.2) is 0 Å². The van der Waals surface area contributed by atoms with Crippen LogP contribution in [-0.2, 0) is 12.2 Å². The summed E-state index contributed by atoms with van der Waals surface area (Å²) in [6.07, 6.45) is 1.10. The lowest BCUT2D eigenvalue weighted by molar-refractivity contribution is 0.970. The molecule has 0 amide bonds. The molecule has 64 valence electrons. The van der Waals surface area contributed by atoms with E-state index in [1.54, 1.807) is 0 Å². The molecule has 2 heterocycles. The van der Waals surface area contributed by atoms with E-state index >= 15 is 0 Å². The van der Waals surface area contributed by atoms with Crippen LogP contribution in [0.1, 0.15) is 17.0 Å². The average molecular weight is 180 g/mol. The maximum atomic E-state index is 5.77. The molecule has 2 nitrogen and oxygen atoms in total. The van der Waals surface area contributed by atoms with Crippen LogP contribution in [0.2, 0.25) is 0 Å². The molecule has 0 bridgehead atoms. The van der Waals surface area contributed by atoms with Crippen LogP contribution in [0.4, 0.5) is 5.69 Å². The van der Waals surface area contributed by atoms with Gasteiger partial charge >= 0.3 is 0 Å². The highest BCUT2D eigenvalue weighted by molar-refractivity contribution is 7.98. The number of rotatable bonds is 0. The van der Waals surface area contributed by atoms with Gasteiger partial charge in [0, 0.05) is 11.4 Å². The molecule has 0 spiro atoms. The Bertz CT molecular complexity index is 279. The molecule has 0 fully saturated rings. The Hall–Kier alpha value is -0.700. The summed E-state index contributed by atoms with van der Waals surface area (Å²) >= 11 is 1.96. The minimum absolute atomic E-state index is 0.830. The van der Waals surface area contributed by atoms with E-state index < -0.39 is 0 Å². The third-order valence-corrected chi connectivity index (χ3v) is 3.17. The van der Waals surface area contributed by atoms with Crippen LogP contribution in [0.3, 0.4) is 0 Å². The van der Waals surface area contributed by atoms with Gasteiger partial charge in [-0.1, -0.05) is 0 Å². The largest absolute Gasteiger partial charge is 0.397 e. The highest BCUT2D eigenvalue weighted by Crippen LogP contribution is 2.25. The van der Waals surface area contributed by atoms with Gasteiger partial charge < -0.3 is 5.73 Å². The predicted octanol–water partition coefficient (Wildman–Crippen LogP) is 1.76. The number of anilines is 1. The summed E-state index contributed by atoms with van der Waals surface area (Å²) in [5.41, 5.74) is 10.2. The maximum Gasteiger partial charge on any atom is 0.0605 e. The molecular weight excluding hydrogens is 168 g/mol. The lowest BCUT2D eigenvalue weighted by Gasteiger charge is -2.15. The Labute approximate surface area is 76.6 Å². The summed E-state index contributed by atoms with van der Waals surface area (Å²) < 4.78 is 0. The Morgan fingerprint density at radius 2 is 2.42 bits per heavy atom. The Balaban J connectivity index is 2.49. The molecule has 12 heavy (non-hydrogen) atoms. The van der Waals surface area contributed by atoms with Crippen LogP contribution >= 0.6 is 11.8 Å². The molecule has 0 atom stereocenters. The fourth-order valence-electron chi connectivity index (χ4n) is 1.41. The zero-order chi connectivity index (χ0) is 8.55. The SMILES string of the molecule is Cc1nc2c(cc1N)CSCC2. The number of hydrogen-bond acceptors (Lipinski definition) is 3. The zero-order valence-electron chi connectivity index (χ0n) is 7.13.